The largest absolute Gasteiger partial charge is 0.385 e. The van der Waals surface area contributed by atoms with E-state index >= 15 is 0 Å². The average Bonchev–Trinajstić information content (AvgIpc) is 2.98. The van der Waals surface area contributed by atoms with Crippen LogP contribution in [0.5, 0.6) is 0 Å². The topological polar surface area (TPSA) is 20.2 Å². The Morgan fingerprint density at radius 2 is 1.69 bits per heavy atom. The fourth-order valence-electron chi connectivity index (χ4n) is 3.53. The van der Waals surface area contributed by atoms with E-state index < -0.39 is 5.60 Å². The Hall–Kier alpha value is -0.820. The molecule has 1 aromatic carbocycles. The Morgan fingerprint density at radius 1 is 1.12 bits per heavy atom. The molecule has 0 spiro atoms. The van der Waals surface area contributed by atoms with Crippen molar-refractivity contribution in [3.8, 4) is 0 Å². The van der Waals surface area contributed by atoms with E-state index in [1.807, 2.05) is 0 Å². The standard InChI is InChI=1S/C15H20O/c1-2-11-7-9-12(10-8-11)15(16)13-5-3-4-6-14(13)15/h7-10,13-14,16H,2-6H2,1H3. The van der Waals surface area contributed by atoms with Gasteiger partial charge in [0.1, 0.15) is 0 Å². The molecule has 2 aliphatic rings. The van der Waals surface area contributed by atoms with Gasteiger partial charge in [-0.15, -0.1) is 0 Å². The zero-order chi connectivity index (χ0) is 11.2. The van der Waals surface area contributed by atoms with Gasteiger partial charge >= 0.3 is 0 Å². The summed E-state index contributed by atoms with van der Waals surface area (Å²) < 4.78 is 0. The van der Waals surface area contributed by atoms with Gasteiger partial charge in [-0.25, -0.2) is 0 Å². The quantitative estimate of drug-likeness (QED) is 0.804. The third kappa shape index (κ3) is 1.34. The third-order valence-corrected chi connectivity index (χ3v) is 4.61. The number of hydrogen-bond acceptors (Lipinski definition) is 1. The van der Waals surface area contributed by atoms with E-state index in [4.69, 9.17) is 0 Å². The first-order chi connectivity index (χ1) is 7.76. The van der Waals surface area contributed by atoms with Crippen molar-refractivity contribution >= 4 is 0 Å². The molecule has 2 unspecified atom stereocenters. The summed E-state index contributed by atoms with van der Waals surface area (Å²) in [4.78, 5) is 0. The van der Waals surface area contributed by atoms with Crippen LogP contribution in [-0.2, 0) is 12.0 Å². The first-order valence-electron chi connectivity index (χ1n) is 6.58. The molecular weight excluding hydrogens is 196 g/mol. The van der Waals surface area contributed by atoms with Crippen molar-refractivity contribution in [1.29, 1.82) is 0 Å². The highest BCUT2D eigenvalue weighted by molar-refractivity contribution is 5.35. The van der Waals surface area contributed by atoms with E-state index in [1.54, 1.807) is 0 Å². The fourth-order valence-corrected chi connectivity index (χ4v) is 3.53. The highest BCUT2D eigenvalue weighted by Crippen LogP contribution is 2.64. The van der Waals surface area contributed by atoms with Gasteiger partial charge in [-0.3, -0.25) is 0 Å². The lowest BCUT2D eigenvalue weighted by Crippen LogP contribution is -2.10. The van der Waals surface area contributed by atoms with Crippen LogP contribution < -0.4 is 0 Å². The molecule has 86 valence electrons. The van der Waals surface area contributed by atoms with Crippen LogP contribution in [0.15, 0.2) is 24.3 Å². The minimum Gasteiger partial charge on any atom is -0.385 e. The zero-order valence-corrected chi connectivity index (χ0v) is 9.95. The lowest BCUT2D eigenvalue weighted by Gasteiger charge is -2.11. The Kier molecular flexibility index (Phi) is 2.32. The summed E-state index contributed by atoms with van der Waals surface area (Å²) in [6, 6.07) is 8.60. The van der Waals surface area contributed by atoms with Gasteiger partial charge in [-0.2, -0.15) is 0 Å². The first kappa shape index (κ1) is 10.3. The van der Waals surface area contributed by atoms with Gasteiger partial charge < -0.3 is 5.11 Å². The maximum atomic E-state index is 10.7. The molecule has 1 nitrogen and oxygen atoms in total. The van der Waals surface area contributed by atoms with Crippen LogP contribution in [-0.4, -0.2) is 5.11 Å². The molecule has 2 atom stereocenters. The summed E-state index contributed by atoms with van der Waals surface area (Å²) in [5.41, 5.74) is 2.04. The van der Waals surface area contributed by atoms with Gasteiger partial charge in [0.2, 0.25) is 0 Å². The van der Waals surface area contributed by atoms with Crippen molar-refractivity contribution in [3.63, 3.8) is 0 Å². The van der Waals surface area contributed by atoms with Crippen LogP contribution in [0, 0.1) is 11.8 Å². The zero-order valence-electron chi connectivity index (χ0n) is 9.95. The predicted molar refractivity (Wildman–Crippen MR) is 65.2 cm³/mol. The molecule has 0 saturated heterocycles. The van der Waals surface area contributed by atoms with Crippen LogP contribution >= 0.6 is 0 Å². The molecule has 0 aromatic heterocycles. The molecule has 2 saturated carbocycles. The number of fused-ring (bicyclic) bond motifs is 1. The maximum absolute atomic E-state index is 10.7. The number of benzene rings is 1. The molecule has 1 N–H and O–H groups in total. The summed E-state index contributed by atoms with van der Waals surface area (Å²) in [5.74, 6) is 1.10. The third-order valence-electron chi connectivity index (χ3n) is 4.61. The molecule has 0 radical (unpaired) electrons. The van der Waals surface area contributed by atoms with E-state index in [1.165, 1.54) is 31.2 Å². The summed E-state index contributed by atoms with van der Waals surface area (Å²) in [7, 11) is 0. The Bertz CT molecular complexity index is 367. The van der Waals surface area contributed by atoms with Gasteiger partial charge in [0.25, 0.3) is 0 Å². The fraction of sp³-hybridized carbons (Fsp3) is 0.600. The summed E-state index contributed by atoms with van der Waals surface area (Å²) in [6.07, 6.45) is 6.12. The molecule has 0 aliphatic heterocycles. The Labute approximate surface area is 97.5 Å². The van der Waals surface area contributed by atoms with E-state index in [0.717, 1.165) is 12.0 Å². The molecule has 16 heavy (non-hydrogen) atoms. The Morgan fingerprint density at radius 3 is 2.19 bits per heavy atom. The van der Waals surface area contributed by atoms with E-state index in [0.29, 0.717) is 11.8 Å². The van der Waals surface area contributed by atoms with Crippen molar-refractivity contribution in [3.05, 3.63) is 35.4 Å². The molecule has 1 heteroatoms. The van der Waals surface area contributed by atoms with Crippen molar-refractivity contribution < 1.29 is 5.11 Å². The molecule has 3 rings (SSSR count). The number of hydrogen-bond donors (Lipinski definition) is 1. The van der Waals surface area contributed by atoms with Crippen molar-refractivity contribution in [1.82, 2.24) is 0 Å². The molecule has 0 bridgehead atoms. The second-order valence-corrected chi connectivity index (χ2v) is 5.37. The van der Waals surface area contributed by atoms with Gasteiger partial charge in [0.15, 0.2) is 0 Å². The summed E-state index contributed by atoms with van der Waals surface area (Å²) >= 11 is 0. The highest BCUT2D eigenvalue weighted by Gasteiger charge is 2.64. The summed E-state index contributed by atoms with van der Waals surface area (Å²) in [6.45, 7) is 2.17. The number of aryl methyl sites for hydroxylation is 1. The average molecular weight is 216 g/mol. The van der Waals surface area contributed by atoms with Crippen LogP contribution in [0.3, 0.4) is 0 Å². The molecule has 2 fully saturated rings. The molecular formula is C15H20O. The minimum absolute atomic E-state index is 0.469. The van der Waals surface area contributed by atoms with Crippen LogP contribution in [0.25, 0.3) is 0 Å². The summed E-state index contributed by atoms with van der Waals surface area (Å²) in [5, 5.41) is 10.7. The van der Waals surface area contributed by atoms with Crippen molar-refractivity contribution in [2.24, 2.45) is 11.8 Å². The predicted octanol–water partition coefficient (Wildman–Crippen LogP) is 3.26. The highest BCUT2D eigenvalue weighted by atomic mass is 16.3. The smallest absolute Gasteiger partial charge is 0.0960 e. The monoisotopic (exact) mass is 216 g/mol. The second kappa shape index (κ2) is 3.59. The maximum Gasteiger partial charge on any atom is 0.0960 e. The lowest BCUT2D eigenvalue weighted by molar-refractivity contribution is 0.118. The molecule has 0 heterocycles. The SMILES string of the molecule is CCc1ccc(C2(O)C3CCCCC32)cc1. The van der Waals surface area contributed by atoms with Crippen molar-refractivity contribution in [2.75, 3.05) is 0 Å². The van der Waals surface area contributed by atoms with Crippen LogP contribution in [0.2, 0.25) is 0 Å². The van der Waals surface area contributed by atoms with Gasteiger partial charge in [0, 0.05) is 0 Å². The molecule has 2 aliphatic carbocycles. The van der Waals surface area contributed by atoms with Gasteiger partial charge in [-0.05, 0) is 42.2 Å². The van der Waals surface area contributed by atoms with Gasteiger partial charge in [-0.1, -0.05) is 44.0 Å². The van der Waals surface area contributed by atoms with E-state index in [9.17, 15) is 5.11 Å². The first-order valence-corrected chi connectivity index (χ1v) is 6.58. The molecule has 0 amide bonds. The van der Waals surface area contributed by atoms with E-state index in [2.05, 4.69) is 31.2 Å². The van der Waals surface area contributed by atoms with Gasteiger partial charge in [0.05, 0.1) is 5.60 Å². The van der Waals surface area contributed by atoms with Crippen LogP contribution in [0.1, 0.15) is 43.7 Å². The molecule has 1 aromatic rings. The van der Waals surface area contributed by atoms with Crippen molar-refractivity contribution in [2.45, 2.75) is 44.6 Å². The van der Waals surface area contributed by atoms with Crippen LogP contribution in [0.4, 0.5) is 0 Å². The number of rotatable bonds is 2. The minimum atomic E-state index is -0.469. The van der Waals surface area contributed by atoms with E-state index in [-0.39, 0.29) is 0 Å². The second-order valence-electron chi connectivity index (χ2n) is 5.37. The normalized spacial score (nSPS) is 36.9. The lowest BCUT2D eigenvalue weighted by atomic mass is 10.0. The number of aliphatic hydroxyl groups is 1. The Balaban J connectivity index is 1.86.